The van der Waals surface area contributed by atoms with E-state index in [2.05, 4.69) is 5.16 Å². The monoisotopic (exact) mass is 264 g/mol. The van der Waals surface area contributed by atoms with Crippen LogP contribution >= 0.6 is 0 Å². The van der Waals surface area contributed by atoms with Crippen LogP contribution in [0.1, 0.15) is 32.3 Å². The summed E-state index contributed by atoms with van der Waals surface area (Å²) in [6.07, 6.45) is 1.46. The van der Waals surface area contributed by atoms with Crippen LogP contribution in [0.5, 0.6) is 5.75 Å². The Morgan fingerprint density at radius 2 is 2.05 bits per heavy atom. The molecule has 1 amide bonds. The first kappa shape index (κ1) is 15.0. The molecule has 0 heterocycles. The minimum atomic E-state index is -0.588. The van der Waals surface area contributed by atoms with Crippen LogP contribution in [0.4, 0.5) is 0 Å². The third-order valence-corrected chi connectivity index (χ3v) is 2.84. The first-order valence-corrected chi connectivity index (χ1v) is 6.29. The van der Waals surface area contributed by atoms with E-state index < -0.39 is 12.0 Å². The molecule has 104 valence electrons. The fraction of sp³-hybridized carbons (Fsp3) is 0.429. The van der Waals surface area contributed by atoms with Gasteiger partial charge in [-0.15, -0.1) is 0 Å². The molecule has 3 N–H and O–H groups in total. The minimum Gasteiger partial charge on any atom is -0.481 e. The Bertz CT molecular complexity index is 441. The molecule has 0 aromatic heterocycles. The summed E-state index contributed by atoms with van der Waals surface area (Å²) in [7, 11) is 0. The van der Waals surface area contributed by atoms with Gasteiger partial charge in [-0.2, -0.15) is 0 Å². The van der Waals surface area contributed by atoms with Gasteiger partial charge >= 0.3 is 0 Å². The molecule has 1 rings (SSSR count). The van der Waals surface area contributed by atoms with E-state index in [1.165, 1.54) is 0 Å². The van der Waals surface area contributed by atoms with Crippen molar-refractivity contribution < 1.29 is 14.7 Å². The third-order valence-electron chi connectivity index (χ3n) is 2.84. The van der Waals surface area contributed by atoms with Crippen LogP contribution in [-0.4, -0.2) is 22.9 Å². The maximum atomic E-state index is 11.1. The molecule has 0 fully saturated rings. The number of hydrogen-bond acceptors (Lipinski definition) is 4. The van der Waals surface area contributed by atoms with Gasteiger partial charge in [-0.1, -0.05) is 24.2 Å². The van der Waals surface area contributed by atoms with Gasteiger partial charge in [0.25, 0.3) is 5.91 Å². The average molecular weight is 264 g/mol. The number of nitrogens with zero attached hydrogens (tertiary/aromatic N) is 1. The molecule has 0 aliphatic carbocycles. The van der Waals surface area contributed by atoms with Crippen molar-refractivity contribution in [3.63, 3.8) is 0 Å². The molecule has 0 saturated heterocycles. The molecule has 1 atom stereocenters. The topological polar surface area (TPSA) is 84.9 Å². The van der Waals surface area contributed by atoms with Gasteiger partial charge in [0.1, 0.15) is 5.75 Å². The van der Waals surface area contributed by atoms with E-state index in [0.717, 1.165) is 12.0 Å². The van der Waals surface area contributed by atoms with E-state index in [0.29, 0.717) is 24.3 Å². The standard InChI is InChI=1S/C14H20N2O3/c1-3-13(14(15)17)19-12-8-6-11(7-9-12)5-4-10(2)16-18/h6-9,13,18H,3-5H2,1-2H3,(H2,15,17). The maximum absolute atomic E-state index is 11.1. The van der Waals surface area contributed by atoms with Crippen LogP contribution in [0.2, 0.25) is 0 Å². The first-order valence-electron chi connectivity index (χ1n) is 6.29. The number of oxime groups is 1. The lowest BCUT2D eigenvalue weighted by atomic mass is 10.1. The number of amides is 1. The van der Waals surface area contributed by atoms with Crippen LogP contribution in [0.25, 0.3) is 0 Å². The number of carbonyl (C=O) groups excluding carboxylic acids is 1. The Balaban J connectivity index is 2.58. The van der Waals surface area contributed by atoms with Gasteiger partial charge in [0.05, 0.1) is 5.71 Å². The van der Waals surface area contributed by atoms with Crippen molar-refractivity contribution in [1.29, 1.82) is 0 Å². The second-order valence-electron chi connectivity index (χ2n) is 4.40. The number of benzene rings is 1. The molecule has 0 bridgehead atoms. The van der Waals surface area contributed by atoms with Crippen molar-refractivity contribution in [2.24, 2.45) is 10.9 Å². The summed E-state index contributed by atoms with van der Waals surface area (Å²) in [4.78, 5) is 11.1. The minimum absolute atomic E-state index is 0.457. The number of primary amides is 1. The van der Waals surface area contributed by atoms with Crippen molar-refractivity contribution in [2.75, 3.05) is 0 Å². The number of nitrogens with two attached hydrogens (primary N) is 1. The molecule has 1 aromatic carbocycles. The van der Waals surface area contributed by atoms with E-state index in [4.69, 9.17) is 15.7 Å². The maximum Gasteiger partial charge on any atom is 0.258 e. The molecule has 1 unspecified atom stereocenters. The summed E-state index contributed by atoms with van der Waals surface area (Å²) in [5, 5.41) is 11.7. The summed E-state index contributed by atoms with van der Waals surface area (Å²) in [6, 6.07) is 7.47. The van der Waals surface area contributed by atoms with Crippen LogP contribution in [0.3, 0.4) is 0 Å². The summed E-state index contributed by atoms with van der Waals surface area (Å²) < 4.78 is 5.49. The van der Waals surface area contributed by atoms with E-state index in [1.54, 1.807) is 6.92 Å². The molecule has 0 aliphatic rings. The fourth-order valence-electron chi connectivity index (χ4n) is 1.62. The lowest BCUT2D eigenvalue weighted by Gasteiger charge is -2.14. The van der Waals surface area contributed by atoms with Crippen LogP contribution in [-0.2, 0) is 11.2 Å². The Morgan fingerprint density at radius 3 is 2.53 bits per heavy atom. The van der Waals surface area contributed by atoms with Crippen molar-refractivity contribution in [3.8, 4) is 5.75 Å². The molecular formula is C14H20N2O3. The van der Waals surface area contributed by atoms with Gasteiger partial charge in [0.2, 0.25) is 0 Å². The quantitative estimate of drug-likeness (QED) is 0.449. The largest absolute Gasteiger partial charge is 0.481 e. The number of hydrogen-bond donors (Lipinski definition) is 2. The molecule has 0 radical (unpaired) electrons. The highest BCUT2D eigenvalue weighted by Gasteiger charge is 2.14. The summed E-state index contributed by atoms with van der Waals surface area (Å²) >= 11 is 0. The molecular weight excluding hydrogens is 244 g/mol. The van der Waals surface area contributed by atoms with Crippen LogP contribution < -0.4 is 10.5 Å². The molecule has 0 spiro atoms. The normalized spacial score (nSPS) is 13.1. The molecule has 1 aromatic rings. The van der Waals surface area contributed by atoms with E-state index in [9.17, 15) is 4.79 Å². The summed E-state index contributed by atoms with van der Waals surface area (Å²) in [6.45, 7) is 3.62. The predicted molar refractivity (Wildman–Crippen MR) is 73.6 cm³/mol. The molecule has 19 heavy (non-hydrogen) atoms. The number of carbonyl (C=O) groups is 1. The van der Waals surface area contributed by atoms with Crippen LogP contribution in [0.15, 0.2) is 29.4 Å². The highest BCUT2D eigenvalue weighted by molar-refractivity contribution is 5.81. The second-order valence-corrected chi connectivity index (χ2v) is 4.40. The Hall–Kier alpha value is -2.04. The SMILES string of the molecule is CCC(Oc1ccc(CCC(C)=NO)cc1)C(N)=O. The fourth-order valence-corrected chi connectivity index (χ4v) is 1.62. The summed E-state index contributed by atoms with van der Waals surface area (Å²) in [5.74, 6) is 0.170. The zero-order chi connectivity index (χ0) is 14.3. The van der Waals surface area contributed by atoms with Crippen LogP contribution in [0, 0.1) is 0 Å². The van der Waals surface area contributed by atoms with Gasteiger partial charge < -0.3 is 15.7 Å². The van der Waals surface area contributed by atoms with Crippen molar-refractivity contribution >= 4 is 11.6 Å². The van der Waals surface area contributed by atoms with Gasteiger partial charge in [0.15, 0.2) is 6.10 Å². The third kappa shape index (κ3) is 4.99. The van der Waals surface area contributed by atoms with Crippen molar-refractivity contribution in [3.05, 3.63) is 29.8 Å². The molecule has 5 heteroatoms. The zero-order valence-corrected chi connectivity index (χ0v) is 11.3. The van der Waals surface area contributed by atoms with E-state index in [-0.39, 0.29) is 0 Å². The highest BCUT2D eigenvalue weighted by Crippen LogP contribution is 2.16. The Kier molecular flexibility index (Phi) is 5.85. The van der Waals surface area contributed by atoms with E-state index in [1.807, 2.05) is 31.2 Å². The van der Waals surface area contributed by atoms with Gasteiger partial charge in [-0.25, -0.2) is 0 Å². The number of aryl methyl sites for hydroxylation is 1. The van der Waals surface area contributed by atoms with Gasteiger partial charge in [0, 0.05) is 0 Å². The predicted octanol–water partition coefficient (Wildman–Crippen LogP) is 2.11. The lowest BCUT2D eigenvalue weighted by molar-refractivity contribution is -0.124. The highest BCUT2D eigenvalue weighted by atomic mass is 16.5. The number of ether oxygens (including phenoxy) is 1. The first-order chi connectivity index (χ1) is 9.06. The van der Waals surface area contributed by atoms with Gasteiger partial charge in [-0.05, 0) is 43.9 Å². The Labute approximate surface area is 113 Å². The van der Waals surface area contributed by atoms with Crippen molar-refractivity contribution in [2.45, 2.75) is 39.2 Å². The lowest BCUT2D eigenvalue weighted by Crippen LogP contribution is -2.32. The zero-order valence-electron chi connectivity index (χ0n) is 11.3. The van der Waals surface area contributed by atoms with Gasteiger partial charge in [-0.3, -0.25) is 4.79 Å². The average Bonchev–Trinajstić information content (AvgIpc) is 2.42. The molecule has 5 nitrogen and oxygen atoms in total. The molecule has 0 saturated carbocycles. The number of rotatable bonds is 7. The molecule has 0 aliphatic heterocycles. The summed E-state index contributed by atoms with van der Waals surface area (Å²) in [5.41, 5.74) is 7.03. The smallest absolute Gasteiger partial charge is 0.258 e. The second kappa shape index (κ2) is 7.41. The van der Waals surface area contributed by atoms with Crippen molar-refractivity contribution in [1.82, 2.24) is 0 Å². The van der Waals surface area contributed by atoms with E-state index >= 15 is 0 Å². The Morgan fingerprint density at radius 1 is 1.42 bits per heavy atom.